The average molecular weight is 462 g/mol. The zero-order valence-corrected chi connectivity index (χ0v) is 18.0. The molecular weight excluding hydrogens is 440 g/mol. The summed E-state index contributed by atoms with van der Waals surface area (Å²) < 4.78 is 61.0. The number of anilines is 1. The first-order valence-electron chi connectivity index (χ1n) is 10.6. The Labute approximate surface area is 187 Å². The SMILES string of the molecule is CC(C)c1noc(C(=O)Nc2c(-c3cc(F)ccc3F)ccnc2C2CCC(F)(F)CC2)n1. The van der Waals surface area contributed by atoms with Gasteiger partial charge in [-0.05, 0) is 37.1 Å². The fourth-order valence-electron chi connectivity index (χ4n) is 3.89. The molecule has 10 heteroatoms. The van der Waals surface area contributed by atoms with Crippen LogP contribution in [0.1, 0.15) is 73.6 Å². The summed E-state index contributed by atoms with van der Waals surface area (Å²) in [7, 11) is 0. The van der Waals surface area contributed by atoms with Gasteiger partial charge in [-0.2, -0.15) is 4.98 Å². The van der Waals surface area contributed by atoms with Gasteiger partial charge in [-0.1, -0.05) is 19.0 Å². The molecule has 0 atom stereocenters. The molecule has 1 fully saturated rings. The van der Waals surface area contributed by atoms with Crippen LogP contribution in [0.3, 0.4) is 0 Å². The van der Waals surface area contributed by atoms with Gasteiger partial charge in [0, 0.05) is 42.0 Å². The summed E-state index contributed by atoms with van der Waals surface area (Å²) >= 11 is 0. The highest BCUT2D eigenvalue weighted by atomic mass is 19.3. The highest BCUT2D eigenvalue weighted by Gasteiger charge is 2.37. The van der Waals surface area contributed by atoms with E-state index in [9.17, 15) is 22.4 Å². The van der Waals surface area contributed by atoms with Crippen molar-refractivity contribution in [2.45, 2.75) is 57.3 Å². The lowest BCUT2D eigenvalue weighted by atomic mass is 9.83. The third-order valence-corrected chi connectivity index (χ3v) is 5.69. The van der Waals surface area contributed by atoms with Gasteiger partial charge < -0.3 is 9.84 Å². The van der Waals surface area contributed by atoms with E-state index in [0.717, 1.165) is 18.2 Å². The summed E-state index contributed by atoms with van der Waals surface area (Å²) in [6.07, 6.45) is 1.01. The zero-order chi connectivity index (χ0) is 23.8. The number of benzene rings is 1. The maximum Gasteiger partial charge on any atom is 0.316 e. The molecule has 0 radical (unpaired) electrons. The molecule has 0 spiro atoms. The molecule has 174 valence electrons. The van der Waals surface area contributed by atoms with Crippen LogP contribution in [-0.4, -0.2) is 27.0 Å². The number of alkyl halides is 2. The fraction of sp³-hybridized carbons (Fsp3) is 0.391. The molecule has 3 aromatic rings. The second kappa shape index (κ2) is 8.92. The third kappa shape index (κ3) is 4.89. The van der Waals surface area contributed by atoms with E-state index < -0.39 is 29.4 Å². The number of carbonyl (C=O) groups excluding carboxylic acids is 1. The molecule has 1 amide bonds. The van der Waals surface area contributed by atoms with Crippen LogP contribution in [0, 0.1) is 11.6 Å². The molecule has 1 aliphatic rings. The minimum absolute atomic E-state index is 0.0786. The number of pyridine rings is 1. The second-order valence-electron chi connectivity index (χ2n) is 8.44. The highest BCUT2D eigenvalue weighted by molar-refractivity contribution is 6.04. The van der Waals surface area contributed by atoms with Crippen molar-refractivity contribution >= 4 is 11.6 Å². The van der Waals surface area contributed by atoms with Crippen molar-refractivity contribution in [1.29, 1.82) is 0 Å². The number of nitrogens with zero attached hydrogens (tertiary/aromatic N) is 3. The Hall–Kier alpha value is -3.30. The molecular formula is C23H22F4N4O2. The first-order valence-corrected chi connectivity index (χ1v) is 10.6. The van der Waals surface area contributed by atoms with Crippen LogP contribution in [0.5, 0.6) is 0 Å². The van der Waals surface area contributed by atoms with Gasteiger partial charge >= 0.3 is 11.8 Å². The van der Waals surface area contributed by atoms with E-state index in [1.807, 2.05) is 13.8 Å². The molecule has 4 rings (SSSR count). The molecule has 0 saturated heterocycles. The minimum atomic E-state index is -2.76. The van der Waals surface area contributed by atoms with Gasteiger partial charge in [0.25, 0.3) is 0 Å². The van der Waals surface area contributed by atoms with Gasteiger partial charge in [0.15, 0.2) is 5.82 Å². The van der Waals surface area contributed by atoms with E-state index in [4.69, 9.17) is 4.52 Å². The molecule has 1 aromatic carbocycles. The van der Waals surface area contributed by atoms with Gasteiger partial charge in [-0.25, -0.2) is 17.6 Å². The maximum absolute atomic E-state index is 14.6. The molecule has 2 heterocycles. The first kappa shape index (κ1) is 22.9. The summed E-state index contributed by atoms with van der Waals surface area (Å²) in [6.45, 7) is 3.66. The van der Waals surface area contributed by atoms with Gasteiger partial charge in [-0.15, -0.1) is 0 Å². The van der Waals surface area contributed by atoms with E-state index >= 15 is 0 Å². The van der Waals surface area contributed by atoms with Crippen LogP contribution in [-0.2, 0) is 0 Å². The Morgan fingerprint density at radius 2 is 1.88 bits per heavy atom. The molecule has 0 bridgehead atoms. The predicted octanol–water partition coefficient (Wildman–Crippen LogP) is 6.08. The van der Waals surface area contributed by atoms with Crippen molar-refractivity contribution in [3.05, 3.63) is 59.5 Å². The number of aromatic nitrogens is 3. The number of hydrogen-bond donors (Lipinski definition) is 1. The van der Waals surface area contributed by atoms with Gasteiger partial charge in [-0.3, -0.25) is 9.78 Å². The minimum Gasteiger partial charge on any atom is -0.329 e. The van der Waals surface area contributed by atoms with Gasteiger partial charge in [0.2, 0.25) is 5.92 Å². The molecule has 0 unspecified atom stereocenters. The Morgan fingerprint density at radius 3 is 2.55 bits per heavy atom. The molecule has 1 aliphatic carbocycles. The largest absolute Gasteiger partial charge is 0.329 e. The van der Waals surface area contributed by atoms with Crippen LogP contribution < -0.4 is 5.32 Å². The lowest BCUT2D eigenvalue weighted by Gasteiger charge is -2.29. The predicted molar refractivity (Wildman–Crippen MR) is 112 cm³/mol. The molecule has 6 nitrogen and oxygen atoms in total. The quantitative estimate of drug-likeness (QED) is 0.465. The third-order valence-electron chi connectivity index (χ3n) is 5.69. The van der Waals surface area contributed by atoms with E-state index in [1.165, 1.54) is 12.3 Å². The molecule has 0 aliphatic heterocycles. The van der Waals surface area contributed by atoms with Crippen molar-refractivity contribution in [3.8, 4) is 11.1 Å². The van der Waals surface area contributed by atoms with Crippen molar-refractivity contribution in [1.82, 2.24) is 15.1 Å². The number of amides is 1. The van der Waals surface area contributed by atoms with Crippen molar-refractivity contribution < 1.29 is 26.9 Å². The van der Waals surface area contributed by atoms with Gasteiger partial charge in [0.05, 0.1) is 11.4 Å². The maximum atomic E-state index is 14.6. The van der Waals surface area contributed by atoms with Crippen LogP contribution in [0.2, 0.25) is 0 Å². The van der Waals surface area contributed by atoms with Gasteiger partial charge in [0.1, 0.15) is 11.6 Å². The molecule has 33 heavy (non-hydrogen) atoms. The zero-order valence-electron chi connectivity index (χ0n) is 18.0. The Bertz CT molecular complexity index is 1170. The van der Waals surface area contributed by atoms with E-state index in [1.54, 1.807) is 0 Å². The standard InChI is InChI=1S/C23H22F4N4O2/c1-12(2)20-30-22(33-31-20)21(32)29-19-15(16-11-14(24)3-4-17(16)25)7-10-28-18(19)13-5-8-23(26,27)9-6-13/h3-4,7,10-13H,5-6,8-9H2,1-2H3,(H,29,32). The molecule has 2 aromatic heterocycles. The Morgan fingerprint density at radius 1 is 1.15 bits per heavy atom. The summed E-state index contributed by atoms with van der Waals surface area (Å²) in [5.74, 6) is -5.36. The lowest BCUT2D eigenvalue weighted by molar-refractivity contribution is -0.0384. The molecule has 1 saturated carbocycles. The summed E-state index contributed by atoms with van der Waals surface area (Å²) in [5.41, 5.74) is 0.505. The number of hydrogen-bond acceptors (Lipinski definition) is 5. The Kier molecular flexibility index (Phi) is 6.18. The number of carbonyl (C=O) groups is 1. The van der Waals surface area contributed by atoms with Crippen LogP contribution >= 0.6 is 0 Å². The van der Waals surface area contributed by atoms with Crippen molar-refractivity contribution in [3.63, 3.8) is 0 Å². The number of nitrogens with one attached hydrogen (secondary N) is 1. The smallest absolute Gasteiger partial charge is 0.316 e. The normalized spacial score (nSPS) is 16.2. The average Bonchev–Trinajstić information content (AvgIpc) is 3.27. The van der Waals surface area contributed by atoms with E-state index in [-0.39, 0.29) is 54.3 Å². The van der Waals surface area contributed by atoms with Crippen LogP contribution in [0.15, 0.2) is 35.0 Å². The van der Waals surface area contributed by atoms with Crippen LogP contribution in [0.4, 0.5) is 23.2 Å². The number of rotatable bonds is 5. The van der Waals surface area contributed by atoms with Crippen molar-refractivity contribution in [2.75, 3.05) is 5.32 Å². The van der Waals surface area contributed by atoms with E-state index in [0.29, 0.717) is 11.5 Å². The first-order chi connectivity index (χ1) is 15.6. The van der Waals surface area contributed by atoms with E-state index in [2.05, 4.69) is 20.4 Å². The summed E-state index contributed by atoms with van der Waals surface area (Å²) in [5, 5.41) is 6.39. The second-order valence-corrected chi connectivity index (χ2v) is 8.44. The molecule has 1 N–H and O–H groups in total. The fourth-order valence-corrected chi connectivity index (χ4v) is 3.89. The van der Waals surface area contributed by atoms with Crippen LogP contribution in [0.25, 0.3) is 11.1 Å². The Balaban J connectivity index is 1.77. The highest BCUT2D eigenvalue weighted by Crippen LogP contribution is 2.44. The topological polar surface area (TPSA) is 80.9 Å². The lowest BCUT2D eigenvalue weighted by Crippen LogP contribution is -2.25. The number of halogens is 4. The van der Waals surface area contributed by atoms with Crippen molar-refractivity contribution in [2.24, 2.45) is 0 Å². The summed E-state index contributed by atoms with van der Waals surface area (Å²) in [4.78, 5) is 21.3. The monoisotopic (exact) mass is 462 g/mol. The summed E-state index contributed by atoms with van der Waals surface area (Å²) in [6, 6.07) is 4.39.